The van der Waals surface area contributed by atoms with Crippen LogP contribution in [0.25, 0.3) is 0 Å². The van der Waals surface area contributed by atoms with Crippen LogP contribution in [0.15, 0.2) is 24.3 Å². The van der Waals surface area contributed by atoms with E-state index in [0.29, 0.717) is 10.6 Å². The lowest BCUT2D eigenvalue weighted by molar-refractivity contribution is -0.150. The first-order valence-corrected chi connectivity index (χ1v) is 7.64. The summed E-state index contributed by atoms with van der Waals surface area (Å²) in [5.74, 6) is -0.416. The molecular weight excluding hydrogens is 274 g/mol. The zero-order valence-electron chi connectivity index (χ0n) is 12.3. The van der Waals surface area contributed by atoms with Gasteiger partial charge in [0.25, 0.3) is 0 Å². The van der Waals surface area contributed by atoms with E-state index in [1.807, 2.05) is 13.0 Å². The van der Waals surface area contributed by atoms with E-state index in [-0.39, 0.29) is 6.10 Å². The lowest BCUT2D eigenvalue weighted by atomic mass is 10.1. The van der Waals surface area contributed by atoms with Crippen molar-refractivity contribution in [2.75, 3.05) is 0 Å². The van der Waals surface area contributed by atoms with Crippen molar-refractivity contribution in [1.82, 2.24) is 0 Å². The molecule has 4 heteroatoms. The number of benzene rings is 1. The van der Waals surface area contributed by atoms with Crippen molar-refractivity contribution in [2.24, 2.45) is 5.73 Å². The van der Waals surface area contributed by atoms with Gasteiger partial charge in [-0.15, -0.1) is 0 Å². The number of carbonyl (C=O) groups excluding carboxylic acids is 1. The minimum atomic E-state index is -0.818. The van der Waals surface area contributed by atoms with Gasteiger partial charge in [0.1, 0.15) is 6.04 Å². The molecule has 0 saturated carbocycles. The molecule has 2 N–H and O–H groups in total. The average Bonchev–Trinajstić information content (AvgIpc) is 2.43. The van der Waals surface area contributed by atoms with E-state index in [1.165, 1.54) is 19.3 Å². The van der Waals surface area contributed by atoms with Crippen LogP contribution in [0.5, 0.6) is 0 Å². The van der Waals surface area contributed by atoms with E-state index in [0.717, 1.165) is 12.8 Å². The molecule has 0 spiro atoms. The van der Waals surface area contributed by atoms with Crippen molar-refractivity contribution in [3.8, 4) is 0 Å². The molecular formula is C16H24ClNO2. The van der Waals surface area contributed by atoms with Gasteiger partial charge in [0.15, 0.2) is 0 Å². The summed E-state index contributed by atoms with van der Waals surface area (Å²) in [6, 6.07) is 6.27. The molecule has 0 aliphatic carbocycles. The summed E-state index contributed by atoms with van der Waals surface area (Å²) in [6.07, 6.45) is 5.44. The second kappa shape index (κ2) is 8.98. The van der Waals surface area contributed by atoms with Gasteiger partial charge in [-0.3, -0.25) is 0 Å². The number of rotatable bonds is 8. The fourth-order valence-corrected chi connectivity index (χ4v) is 2.30. The lowest BCUT2D eigenvalue weighted by Gasteiger charge is -2.17. The Hall–Kier alpha value is -1.06. The first-order chi connectivity index (χ1) is 9.56. The van der Waals surface area contributed by atoms with Crippen LogP contribution >= 0.6 is 11.6 Å². The van der Waals surface area contributed by atoms with Crippen LogP contribution in [0, 0.1) is 0 Å². The van der Waals surface area contributed by atoms with Gasteiger partial charge in [0.2, 0.25) is 0 Å². The van der Waals surface area contributed by atoms with E-state index in [1.54, 1.807) is 18.2 Å². The third kappa shape index (κ3) is 5.51. The fourth-order valence-electron chi connectivity index (χ4n) is 2.04. The van der Waals surface area contributed by atoms with Gasteiger partial charge in [-0.05, 0) is 31.4 Å². The summed E-state index contributed by atoms with van der Waals surface area (Å²) >= 11 is 6.03. The summed E-state index contributed by atoms with van der Waals surface area (Å²) in [5.41, 5.74) is 6.51. The average molecular weight is 298 g/mol. The Kier molecular flexibility index (Phi) is 7.63. The van der Waals surface area contributed by atoms with Crippen LogP contribution < -0.4 is 5.73 Å². The Bertz CT molecular complexity index is 423. The number of ether oxygens (including phenoxy) is 1. The molecule has 112 valence electrons. The Morgan fingerprint density at radius 3 is 2.65 bits per heavy atom. The van der Waals surface area contributed by atoms with Crippen LogP contribution in [0.2, 0.25) is 5.02 Å². The van der Waals surface area contributed by atoms with Crippen molar-refractivity contribution < 1.29 is 9.53 Å². The third-order valence-corrected chi connectivity index (χ3v) is 3.62. The third-order valence-electron chi connectivity index (χ3n) is 3.28. The van der Waals surface area contributed by atoms with Crippen LogP contribution in [-0.4, -0.2) is 12.1 Å². The van der Waals surface area contributed by atoms with Gasteiger partial charge >= 0.3 is 5.97 Å². The van der Waals surface area contributed by atoms with Crippen molar-refractivity contribution >= 4 is 17.6 Å². The predicted molar refractivity (Wildman–Crippen MR) is 82.7 cm³/mol. The van der Waals surface area contributed by atoms with Crippen LogP contribution in [0.3, 0.4) is 0 Å². The predicted octanol–water partition coefficient (Wildman–Crippen LogP) is 4.24. The van der Waals surface area contributed by atoms with E-state index < -0.39 is 12.0 Å². The quantitative estimate of drug-likeness (QED) is 0.577. The second-order valence-corrected chi connectivity index (χ2v) is 5.50. The summed E-state index contributed by atoms with van der Waals surface area (Å²) in [6.45, 7) is 4.08. The molecule has 0 amide bonds. The van der Waals surface area contributed by atoms with Gasteiger partial charge < -0.3 is 10.5 Å². The smallest absolute Gasteiger partial charge is 0.327 e. The number of halogens is 1. The number of unbranched alkanes of at least 4 members (excludes halogenated alkanes) is 3. The number of carbonyl (C=O) groups is 1. The SMILES string of the molecule is CCCCCCC(C)OC(=O)[C@H](N)c1ccccc1Cl. The van der Waals surface area contributed by atoms with Crippen molar-refractivity contribution in [3.05, 3.63) is 34.9 Å². The van der Waals surface area contributed by atoms with Gasteiger partial charge in [0, 0.05) is 5.02 Å². The summed E-state index contributed by atoms with van der Waals surface area (Å²) in [4.78, 5) is 12.0. The summed E-state index contributed by atoms with van der Waals surface area (Å²) in [7, 11) is 0. The van der Waals surface area contributed by atoms with Crippen LogP contribution in [0.4, 0.5) is 0 Å². The van der Waals surface area contributed by atoms with Gasteiger partial charge in [0.05, 0.1) is 6.10 Å². The minimum Gasteiger partial charge on any atom is -0.461 e. The zero-order chi connectivity index (χ0) is 15.0. The number of nitrogens with two attached hydrogens (primary N) is 1. The number of esters is 1. The van der Waals surface area contributed by atoms with Gasteiger partial charge in [-0.1, -0.05) is 56.0 Å². The molecule has 1 rings (SSSR count). The van der Waals surface area contributed by atoms with E-state index in [4.69, 9.17) is 22.1 Å². The Morgan fingerprint density at radius 2 is 2.00 bits per heavy atom. The van der Waals surface area contributed by atoms with Gasteiger partial charge in [-0.25, -0.2) is 4.79 Å². The fraction of sp³-hybridized carbons (Fsp3) is 0.562. The maximum atomic E-state index is 12.0. The Balaban J connectivity index is 2.44. The lowest BCUT2D eigenvalue weighted by Crippen LogP contribution is -2.27. The highest BCUT2D eigenvalue weighted by Crippen LogP contribution is 2.22. The van der Waals surface area contributed by atoms with Crippen LogP contribution in [0.1, 0.15) is 57.6 Å². The highest BCUT2D eigenvalue weighted by molar-refractivity contribution is 6.31. The molecule has 1 unspecified atom stereocenters. The molecule has 0 aliphatic heterocycles. The number of hydrogen-bond donors (Lipinski definition) is 1. The first kappa shape index (κ1) is 17.0. The molecule has 0 bridgehead atoms. The molecule has 0 aliphatic rings. The largest absolute Gasteiger partial charge is 0.461 e. The standard InChI is InChI=1S/C16H24ClNO2/c1-3-4-5-6-9-12(2)20-16(19)15(18)13-10-7-8-11-14(13)17/h7-8,10-12,15H,3-6,9,18H2,1-2H3/t12?,15-/m1/s1. The van der Waals surface area contributed by atoms with Crippen LogP contribution in [-0.2, 0) is 9.53 Å². The molecule has 0 saturated heterocycles. The highest BCUT2D eigenvalue weighted by atomic mass is 35.5. The van der Waals surface area contributed by atoms with Gasteiger partial charge in [-0.2, -0.15) is 0 Å². The van der Waals surface area contributed by atoms with Crippen molar-refractivity contribution in [2.45, 2.75) is 58.1 Å². The molecule has 1 aromatic rings. The monoisotopic (exact) mass is 297 g/mol. The highest BCUT2D eigenvalue weighted by Gasteiger charge is 2.21. The first-order valence-electron chi connectivity index (χ1n) is 7.26. The molecule has 1 aromatic carbocycles. The van der Waals surface area contributed by atoms with Crippen molar-refractivity contribution in [3.63, 3.8) is 0 Å². The summed E-state index contributed by atoms with van der Waals surface area (Å²) in [5, 5.41) is 0.493. The maximum Gasteiger partial charge on any atom is 0.327 e. The topological polar surface area (TPSA) is 52.3 Å². The van der Waals surface area contributed by atoms with E-state index in [9.17, 15) is 4.79 Å². The van der Waals surface area contributed by atoms with E-state index >= 15 is 0 Å². The maximum absolute atomic E-state index is 12.0. The molecule has 20 heavy (non-hydrogen) atoms. The van der Waals surface area contributed by atoms with E-state index in [2.05, 4.69) is 6.92 Å². The molecule has 0 radical (unpaired) electrons. The Morgan fingerprint density at radius 1 is 1.30 bits per heavy atom. The summed E-state index contributed by atoms with van der Waals surface area (Å²) < 4.78 is 5.38. The minimum absolute atomic E-state index is 0.104. The Labute approximate surface area is 126 Å². The second-order valence-electron chi connectivity index (χ2n) is 5.10. The molecule has 0 heterocycles. The normalized spacial score (nSPS) is 13.8. The molecule has 2 atom stereocenters. The number of hydrogen-bond acceptors (Lipinski definition) is 3. The molecule has 3 nitrogen and oxygen atoms in total. The molecule has 0 aromatic heterocycles. The zero-order valence-corrected chi connectivity index (χ0v) is 13.0. The molecule has 0 fully saturated rings. The van der Waals surface area contributed by atoms with Crippen molar-refractivity contribution in [1.29, 1.82) is 0 Å².